The molecule has 0 unspecified atom stereocenters. The largest absolute Gasteiger partial charge is 0.482 e. The number of hydrogen-bond acceptors (Lipinski definition) is 5. The number of amides is 1. The van der Waals surface area contributed by atoms with Gasteiger partial charge in [-0.3, -0.25) is 14.6 Å². The number of nitrogens with zero attached hydrogens (tertiary/aromatic N) is 3. The Bertz CT molecular complexity index is 1410. The van der Waals surface area contributed by atoms with Crippen molar-refractivity contribution in [1.29, 1.82) is 0 Å². The van der Waals surface area contributed by atoms with Crippen LogP contribution >= 0.6 is 0 Å². The minimum absolute atomic E-state index is 0.0220. The van der Waals surface area contributed by atoms with Gasteiger partial charge in [-0.05, 0) is 30.5 Å². The molecule has 0 spiro atoms. The lowest BCUT2D eigenvalue weighted by molar-refractivity contribution is 0.0612. The number of fused-ring (bicyclic) bond motifs is 1. The number of benzene rings is 3. The molecule has 7 heteroatoms. The molecule has 0 bridgehead atoms. The number of aromatic nitrogens is 1. The first kappa shape index (κ1) is 25.3. The van der Waals surface area contributed by atoms with Crippen molar-refractivity contribution in [3.05, 3.63) is 135 Å². The molecule has 1 N–H and O–H groups in total. The molecule has 1 amide bonds. The van der Waals surface area contributed by atoms with Crippen LogP contribution in [0.25, 0.3) is 0 Å². The molecule has 4 aromatic rings. The van der Waals surface area contributed by atoms with E-state index in [9.17, 15) is 14.7 Å². The van der Waals surface area contributed by atoms with Gasteiger partial charge in [0.2, 0.25) is 5.43 Å². The zero-order valence-corrected chi connectivity index (χ0v) is 21.5. The second-order valence-electron chi connectivity index (χ2n) is 9.60. The molecule has 2 heterocycles. The van der Waals surface area contributed by atoms with Crippen LogP contribution in [0.2, 0.25) is 0 Å². The van der Waals surface area contributed by atoms with Crippen molar-refractivity contribution in [1.82, 2.24) is 9.58 Å². The summed E-state index contributed by atoms with van der Waals surface area (Å²) in [5.74, 6) is -0.335. The van der Waals surface area contributed by atoms with Gasteiger partial charge in [0.15, 0.2) is 11.4 Å². The van der Waals surface area contributed by atoms with E-state index in [1.165, 1.54) is 6.07 Å². The van der Waals surface area contributed by atoms with Gasteiger partial charge < -0.3 is 14.7 Å². The van der Waals surface area contributed by atoms with E-state index in [2.05, 4.69) is 0 Å². The number of rotatable bonds is 8. The first-order valence-corrected chi connectivity index (χ1v) is 12.7. The Kier molecular flexibility index (Phi) is 7.29. The van der Waals surface area contributed by atoms with Crippen LogP contribution in [0.15, 0.2) is 102 Å². The standard InChI is InChI=1S/C31H31N3O4/c1-22(2)32-21-33(28(24-14-8-4-9-15-24)25-16-10-5-11-17-25)34-26(19-35)18-27(36)30(29(34)31(32)37)38-20-23-12-6-3-7-13-23/h3-18,22,28,35H,19-21H2,1-2H3. The van der Waals surface area contributed by atoms with Crippen molar-refractivity contribution in [2.45, 2.75) is 39.1 Å². The molecule has 0 aliphatic carbocycles. The number of hydrogen-bond donors (Lipinski definition) is 1. The van der Waals surface area contributed by atoms with E-state index in [-0.39, 0.29) is 42.7 Å². The second-order valence-corrected chi connectivity index (χ2v) is 9.60. The molecule has 38 heavy (non-hydrogen) atoms. The molecule has 5 rings (SSSR count). The molecule has 194 valence electrons. The van der Waals surface area contributed by atoms with Crippen LogP contribution in [0.5, 0.6) is 5.75 Å². The first-order valence-electron chi connectivity index (χ1n) is 12.7. The maximum Gasteiger partial charge on any atom is 0.278 e. The fraction of sp³-hybridized carbons (Fsp3) is 0.226. The number of aliphatic hydroxyl groups is 1. The smallest absolute Gasteiger partial charge is 0.278 e. The van der Waals surface area contributed by atoms with Gasteiger partial charge in [0.25, 0.3) is 5.91 Å². The van der Waals surface area contributed by atoms with Gasteiger partial charge in [-0.1, -0.05) is 91.0 Å². The topological polar surface area (TPSA) is 75.0 Å². The SMILES string of the molecule is CC(C)N1CN(C(c2ccccc2)c2ccccc2)n2c(CO)cc(=O)c(OCc3ccccc3)c2C1=O. The van der Waals surface area contributed by atoms with E-state index in [1.807, 2.05) is 110 Å². The van der Waals surface area contributed by atoms with Crippen molar-refractivity contribution in [2.24, 2.45) is 0 Å². The normalized spacial score (nSPS) is 13.2. The lowest BCUT2D eigenvalue weighted by Crippen LogP contribution is -2.58. The fourth-order valence-electron chi connectivity index (χ4n) is 4.92. The highest BCUT2D eigenvalue weighted by Crippen LogP contribution is 2.34. The third-order valence-electron chi connectivity index (χ3n) is 6.78. The lowest BCUT2D eigenvalue weighted by atomic mass is 9.98. The zero-order valence-electron chi connectivity index (χ0n) is 21.5. The number of aliphatic hydroxyl groups excluding tert-OH is 1. The Labute approximate surface area is 222 Å². The summed E-state index contributed by atoms with van der Waals surface area (Å²) in [5.41, 5.74) is 2.91. The zero-order chi connectivity index (χ0) is 26.6. The summed E-state index contributed by atoms with van der Waals surface area (Å²) in [7, 11) is 0. The van der Waals surface area contributed by atoms with E-state index in [0.29, 0.717) is 5.69 Å². The minimum Gasteiger partial charge on any atom is -0.482 e. The van der Waals surface area contributed by atoms with Crippen LogP contribution in [-0.2, 0) is 13.2 Å². The first-order chi connectivity index (χ1) is 18.5. The van der Waals surface area contributed by atoms with Crippen LogP contribution in [0.3, 0.4) is 0 Å². The van der Waals surface area contributed by atoms with Crippen molar-refractivity contribution >= 4 is 5.91 Å². The van der Waals surface area contributed by atoms with Gasteiger partial charge in [-0.2, -0.15) is 0 Å². The van der Waals surface area contributed by atoms with Crippen molar-refractivity contribution in [3.8, 4) is 5.75 Å². The molecule has 7 nitrogen and oxygen atoms in total. The van der Waals surface area contributed by atoms with Crippen LogP contribution in [0, 0.1) is 0 Å². The molecular formula is C31H31N3O4. The molecule has 3 aromatic carbocycles. The highest BCUT2D eigenvalue weighted by molar-refractivity contribution is 5.96. The molecule has 0 fully saturated rings. The number of ether oxygens (including phenoxy) is 1. The predicted molar refractivity (Wildman–Crippen MR) is 147 cm³/mol. The summed E-state index contributed by atoms with van der Waals surface area (Å²) in [6.07, 6.45) is 0. The summed E-state index contributed by atoms with van der Waals surface area (Å²) in [6, 6.07) is 30.5. The van der Waals surface area contributed by atoms with Crippen LogP contribution in [0.1, 0.15) is 52.8 Å². The lowest BCUT2D eigenvalue weighted by Gasteiger charge is -2.46. The summed E-state index contributed by atoms with van der Waals surface area (Å²) < 4.78 is 7.76. The third kappa shape index (κ3) is 4.80. The van der Waals surface area contributed by atoms with Gasteiger partial charge in [-0.25, -0.2) is 4.68 Å². The second kappa shape index (κ2) is 10.9. The average Bonchev–Trinajstić information content (AvgIpc) is 2.95. The molecule has 1 aromatic heterocycles. The Balaban J connectivity index is 1.73. The quantitative estimate of drug-likeness (QED) is 0.379. The summed E-state index contributed by atoms with van der Waals surface area (Å²) in [5, 5.41) is 12.4. The van der Waals surface area contributed by atoms with E-state index in [4.69, 9.17) is 4.74 Å². The van der Waals surface area contributed by atoms with E-state index in [0.717, 1.165) is 16.7 Å². The highest BCUT2D eigenvalue weighted by atomic mass is 16.5. The molecule has 0 atom stereocenters. The van der Waals surface area contributed by atoms with Gasteiger partial charge in [0.1, 0.15) is 13.3 Å². The van der Waals surface area contributed by atoms with E-state index in [1.54, 1.807) is 9.58 Å². The predicted octanol–water partition coefficient (Wildman–Crippen LogP) is 4.47. The number of carbonyl (C=O) groups excluding carboxylic acids is 1. The molecular weight excluding hydrogens is 478 g/mol. The van der Waals surface area contributed by atoms with Crippen molar-refractivity contribution in [3.63, 3.8) is 0 Å². The molecule has 0 saturated heterocycles. The van der Waals surface area contributed by atoms with Crippen LogP contribution in [-0.4, -0.2) is 33.3 Å². The van der Waals surface area contributed by atoms with Gasteiger partial charge >= 0.3 is 0 Å². The maximum atomic E-state index is 13.9. The molecule has 0 saturated carbocycles. The minimum atomic E-state index is -0.439. The summed E-state index contributed by atoms with van der Waals surface area (Å²) >= 11 is 0. The number of pyridine rings is 1. The van der Waals surface area contributed by atoms with Crippen LogP contribution in [0.4, 0.5) is 0 Å². The third-order valence-corrected chi connectivity index (χ3v) is 6.78. The van der Waals surface area contributed by atoms with E-state index < -0.39 is 12.0 Å². The average molecular weight is 510 g/mol. The highest BCUT2D eigenvalue weighted by Gasteiger charge is 2.39. The monoisotopic (exact) mass is 509 g/mol. The molecule has 1 aliphatic heterocycles. The van der Waals surface area contributed by atoms with Crippen molar-refractivity contribution in [2.75, 3.05) is 11.7 Å². The maximum absolute atomic E-state index is 13.9. The van der Waals surface area contributed by atoms with Gasteiger partial charge in [0, 0.05) is 12.1 Å². The molecule has 0 radical (unpaired) electrons. The summed E-state index contributed by atoms with van der Waals surface area (Å²) in [4.78, 5) is 28.9. The number of carbonyl (C=O) groups is 1. The molecule has 1 aliphatic rings. The fourth-order valence-corrected chi connectivity index (χ4v) is 4.92. The Morgan fingerprint density at radius 1 is 0.842 bits per heavy atom. The Hall–Kier alpha value is -4.36. The van der Waals surface area contributed by atoms with E-state index >= 15 is 0 Å². The van der Waals surface area contributed by atoms with Gasteiger partial charge in [-0.15, -0.1) is 0 Å². The van der Waals surface area contributed by atoms with Crippen LogP contribution < -0.4 is 15.2 Å². The van der Waals surface area contributed by atoms with Crippen molar-refractivity contribution < 1.29 is 14.6 Å². The Morgan fingerprint density at radius 2 is 1.39 bits per heavy atom. The Morgan fingerprint density at radius 3 is 1.92 bits per heavy atom. The van der Waals surface area contributed by atoms with Gasteiger partial charge in [0.05, 0.1) is 18.3 Å². The summed E-state index contributed by atoms with van der Waals surface area (Å²) in [6.45, 7) is 3.88.